The first-order valence-corrected chi connectivity index (χ1v) is 6.32. The standard InChI is InChI=1S/C13H27N/c1-6-13-12(9-10(2)3)7-8-14(13)11(4)5/h10-13H,6-9H2,1-5H3. The molecule has 2 atom stereocenters. The fourth-order valence-electron chi connectivity index (χ4n) is 3.03. The highest BCUT2D eigenvalue weighted by molar-refractivity contribution is 4.88. The lowest BCUT2D eigenvalue weighted by Gasteiger charge is -2.31. The van der Waals surface area contributed by atoms with Crippen LogP contribution >= 0.6 is 0 Å². The summed E-state index contributed by atoms with van der Waals surface area (Å²) in [6, 6.07) is 1.59. The zero-order valence-electron chi connectivity index (χ0n) is 10.6. The van der Waals surface area contributed by atoms with Gasteiger partial charge in [0.25, 0.3) is 0 Å². The molecule has 0 N–H and O–H groups in total. The first-order chi connectivity index (χ1) is 6.56. The van der Waals surface area contributed by atoms with E-state index in [0.29, 0.717) is 0 Å². The second-order valence-corrected chi connectivity index (χ2v) is 5.49. The predicted molar refractivity (Wildman–Crippen MR) is 63.5 cm³/mol. The number of hydrogen-bond donors (Lipinski definition) is 0. The van der Waals surface area contributed by atoms with Crippen LogP contribution in [0.2, 0.25) is 0 Å². The van der Waals surface area contributed by atoms with Crippen LogP contribution in [0.5, 0.6) is 0 Å². The molecule has 1 heteroatoms. The van der Waals surface area contributed by atoms with Crippen molar-refractivity contribution in [1.29, 1.82) is 0 Å². The molecule has 1 aliphatic rings. The Labute approximate surface area is 89.9 Å². The van der Waals surface area contributed by atoms with Crippen molar-refractivity contribution in [2.45, 2.75) is 66.0 Å². The molecule has 0 bridgehead atoms. The minimum absolute atomic E-state index is 0.733. The summed E-state index contributed by atoms with van der Waals surface area (Å²) in [5.74, 6) is 1.82. The van der Waals surface area contributed by atoms with Crippen LogP contribution in [-0.2, 0) is 0 Å². The van der Waals surface area contributed by atoms with Gasteiger partial charge in [0.05, 0.1) is 0 Å². The molecule has 0 aromatic carbocycles. The Kier molecular flexibility index (Phi) is 4.43. The third kappa shape index (κ3) is 2.73. The number of hydrogen-bond acceptors (Lipinski definition) is 1. The van der Waals surface area contributed by atoms with E-state index in [1.165, 1.54) is 25.8 Å². The highest BCUT2D eigenvalue weighted by Crippen LogP contribution is 2.32. The summed E-state index contributed by atoms with van der Waals surface area (Å²) >= 11 is 0. The molecule has 0 amide bonds. The molecule has 14 heavy (non-hydrogen) atoms. The SMILES string of the molecule is CCC1C(CC(C)C)CCN1C(C)C. The second-order valence-electron chi connectivity index (χ2n) is 5.49. The number of nitrogens with zero attached hydrogens (tertiary/aromatic N) is 1. The average Bonchev–Trinajstić information content (AvgIpc) is 2.46. The molecule has 0 radical (unpaired) electrons. The van der Waals surface area contributed by atoms with E-state index >= 15 is 0 Å². The molecule has 1 nitrogen and oxygen atoms in total. The van der Waals surface area contributed by atoms with Crippen molar-refractivity contribution >= 4 is 0 Å². The van der Waals surface area contributed by atoms with E-state index in [4.69, 9.17) is 0 Å². The van der Waals surface area contributed by atoms with Gasteiger partial charge in [0.1, 0.15) is 0 Å². The van der Waals surface area contributed by atoms with Crippen LogP contribution in [0, 0.1) is 11.8 Å². The molecular weight excluding hydrogens is 170 g/mol. The normalized spacial score (nSPS) is 29.4. The summed E-state index contributed by atoms with van der Waals surface area (Å²) < 4.78 is 0. The molecule has 0 saturated carbocycles. The molecule has 84 valence electrons. The molecule has 1 fully saturated rings. The lowest BCUT2D eigenvalue weighted by Crippen LogP contribution is -2.37. The summed E-state index contributed by atoms with van der Waals surface area (Å²) in [6.45, 7) is 13.0. The van der Waals surface area contributed by atoms with Gasteiger partial charge in [-0.25, -0.2) is 0 Å². The van der Waals surface area contributed by atoms with Gasteiger partial charge in [-0.1, -0.05) is 20.8 Å². The average molecular weight is 197 g/mol. The van der Waals surface area contributed by atoms with Gasteiger partial charge >= 0.3 is 0 Å². The van der Waals surface area contributed by atoms with Gasteiger partial charge < -0.3 is 0 Å². The lowest BCUT2D eigenvalue weighted by atomic mass is 9.89. The monoisotopic (exact) mass is 197 g/mol. The molecule has 2 unspecified atom stereocenters. The van der Waals surface area contributed by atoms with E-state index in [1.54, 1.807) is 0 Å². The zero-order valence-corrected chi connectivity index (χ0v) is 10.6. The summed E-state index contributed by atoms with van der Waals surface area (Å²) in [7, 11) is 0. The van der Waals surface area contributed by atoms with Crippen LogP contribution in [-0.4, -0.2) is 23.5 Å². The van der Waals surface area contributed by atoms with Gasteiger partial charge in [0.2, 0.25) is 0 Å². The molecule has 0 spiro atoms. The smallest absolute Gasteiger partial charge is 0.0124 e. The topological polar surface area (TPSA) is 3.24 Å². The van der Waals surface area contributed by atoms with Crippen molar-refractivity contribution in [3.63, 3.8) is 0 Å². The largest absolute Gasteiger partial charge is 0.298 e. The van der Waals surface area contributed by atoms with Gasteiger partial charge in [0.15, 0.2) is 0 Å². The summed E-state index contributed by atoms with van der Waals surface area (Å²) in [6.07, 6.45) is 4.17. The van der Waals surface area contributed by atoms with E-state index in [9.17, 15) is 0 Å². The van der Waals surface area contributed by atoms with E-state index in [2.05, 4.69) is 39.5 Å². The van der Waals surface area contributed by atoms with Crippen molar-refractivity contribution in [3.8, 4) is 0 Å². The molecule has 0 aliphatic carbocycles. The first kappa shape index (κ1) is 12.0. The van der Waals surface area contributed by atoms with Crippen LogP contribution in [0.1, 0.15) is 53.9 Å². The van der Waals surface area contributed by atoms with Crippen LogP contribution < -0.4 is 0 Å². The Morgan fingerprint density at radius 1 is 1.21 bits per heavy atom. The summed E-state index contributed by atoms with van der Waals surface area (Å²) in [4.78, 5) is 2.70. The quantitative estimate of drug-likeness (QED) is 0.666. The first-order valence-electron chi connectivity index (χ1n) is 6.32. The molecule has 0 aromatic heterocycles. The van der Waals surface area contributed by atoms with Crippen molar-refractivity contribution in [2.24, 2.45) is 11.8 Å². The minimum Gasteiger partial charge on any atom is -0.298 e. The summed E-state index contributed by atoms with van der Waals surface area (Å²) in [5.41, 5.74) is 0. The maximum absolute atomic E-state index is 2.70. The van der Waals surface area contributed by atoms with Crippen LogP contribution in [0.3, 0.4) is 0 Å². The number of rotatable bonds is 4. The Balaban J connectivity index is 2.54. The minimum atomic E-state index is 0.733. The van der Waals surface area contributed by atoms with Gasteiger partial charge in [-0.15, -0.1) is 0 Å². The number of likely N-dealkylation sites (tertiary alicyclic amines) is 1. The van der Waals surface area contributed by atoms with Gasteiger partial charge in [-0.3, -0.25) is 4.90 Å². The Bertz CT molecular complexity index is 163. The highest BCUT2D eigenvalue weighted by atomic mass is 15.2. The maximum atomic E-state index is 2.70. The Morgan fingerprint density at radius 3 is 2.29 bits per heavy atom. The summed E-state index contributed by atoms with van der Waals surface area (Å²) in [5, 5.41) is 0. The highest BCUT2D eigenvalue weighted by Gasteiger charge is 2.33. The van der Waals surface area contributed by atoms with Gasteiger partial charge in [0, 0.05) is 12.1 Å². The molecule has 1 heterocycles. The maximum Gasteiger partial charge on any atom is 0.0124 e. The molecule has 1 rings (SSSR count). The Hall–Kier alpha value is -0.0400. The van der Waals surface area contributed by atoms with Crippen LogP contribution in [0.25, 0.3) is 0 Å². The molecule has 0 aromatic rings. The van der Waals surface area contributed by atoms with E-state index < -0.39 is 0 Å². The zero-order chi connectivity index (χ0) is 10.7. The van der Waals surface area contributed by atoms with Crippen molar-refractivity contribution < 1.29 is 0 Å². The van der Waals surface area contributed by atoms with Gasteiger partial charge in [-0.2, -0.15) is 0 Å². The fourth-order valence-corrected chi connectivity index (χ4v) is 3.03. The van der Waals surface area contributed by atoms with E-state index in [1.807, 2.05) is 0 Å². The van der Waals surface area contributed by atoms with Gasteiger partial charge in [-0.05, 0) is 51.5 Å². The molecular formula is C13H27N. The molecule has 1 saturated heterocycles. The second kappa shape index (κ2) is 5.16. The van der Waals surface area contributed by atoms with Crippen LogP contribution in [0.15, 0.2) is 0 Å². The lowest BCUT2D eigenvalue weighted by molar-refractivity contribution is 0.169. The van der Waals surface area contributed by atoms with Crippen molar-refractivity contribution in [2.75, 3.05) is 6.54 Å². The van der Waals surface area contributed by atoms with E-state index in [-0.39, 0.29) is 0 Å². The fraction of sp³-hybridized carbons (Fsp3) is 1.00. The third-order valence-electron chi connectivity index (χ3n) is 3.58. The van der Waals surface area contributed by atoms with E-state index in [0.717, 1.165) is 23.9 Å². The van der Waals surface area contributed by atoms with Crippen molar-refractivity contribution in [1.82, 2.24) is 4.90 Å². The third-order valence-corrected chi connectivity index (χ3v) is 3.58. The Morgan fingerprint density at radius 2 is 1.86 bits per heavy atom. The van der Waals surface area contributed by atoms with Crippen molar-refractivity contribution in [3.05, 3.63) is 0 Å². The predicted octanol–water partition coefficient (Wildman–Crippen LogP) is 3.54. The van der Waals surface area contributed by atoms with Crippen LogP contribution in [0.4, 0.5) is 0 Å². The molecule has 1 aliphatic heterocycles.